The van der Waals surface area contributed by atoms with E-state index in [4.69, 9.17) is 4.74 Å². The van der Waals surface area contributed by atoms with Gasteiger partial charge in [-0.1, -0.05) is 6.07 Å². The van der Waals surface area contributed by atoms with E-state index in [1.165, 1.54) is 13.0 Å². The Morgan fingerprint density at radius 1 is 1.40 bits per heavy atom. The van der Waals surface area contributed by atoms with Gasteiger partial charge < -0.3 is 10.1 Å². The zero-order valence-electron chi connectivity index (χ0n) is 11.1. The van der Waals surface area contributed by atoms with Gasteiger partial charge in [-0.3, -0.25) is 4.79 Å². The van der Waals surface area contributed by atoms with Crippen LogP contribution in [-0.2, 0) is 22.3 Å². The van der Waals surface area contributed by atoms with Crippen LogP contribution in [0.15, 0.2) is 18.2 Å². The van der Waals surface area contributed by atoms with Crippen molar-refractivity contribution in [3.63, 3.8) is 0 Å². The number of carbonyl (C=O) groups excluding carboxylic acids is 1. The standard InChI is InChI=1S/C13H15F4NO2/c1-3-20-12(19)8(2)18-7-9-4-5-11(14)10(6-9)13(15,16)17/h4-6,8,18H,3,7H2,1-2H3. The maximum atomic E-state index is 13.1. The molecule has 0 heterocycles. The summed E-state index contributed by atoms with van der Waals surface area (Å²) >= 11 is 0. The first-order valence-electron chi connectivity index (χ1n) is 6.01. The van der Waals surface area contributed by atoms with Crippen molar-refractivity contribution >= 4 is 5.97 Å². The predicted molar refractivity (Wildman–Crippen MR) is 64.3 cm³/mol. The normalized spacial score (nSPS) is 13.1. The fourth-order valence-corrected chi connectivity index (χ4v) is 1.52. The molecule has 0 aromatic heterocycles. The maximum absolute atomic E-state index is 13.1. The lowest BCUT2D eigenvalue weighted by Gasteiger charge is -2.14. The molecular weight excluding hydrogens is 278 g/mol. The van der Waals surface area contributed by atoms with Crippen LogP contribution in [-0.4, -0.2) is 18.6 Å². The van der Waals surface area contributed by atoms with E-state index in [-0.39, 0.29) is 18.7 Å². The number of rotatable bonds is 5. The number of ether oxygens (including phenoxy) is 1. The quantitative estimate of drug-likeness (QED) is 0.670. The van der Waals surface area contributed by atoms with Gasteiger partial charge >= 0.3 is 12.1 Å². The van der Waals surface area contributed by atoms with Crippen LogP contribution < -0.4 is 5.32 Å². The molecule has 0 spiro atoms. The van der Waals surface area contributed by atoms with E-state index in [2.05, 4.69) is 5.32 Å². The van der Waals surface area contributed by atoms with Gasteiger partial charge in [0.2, 0.25) is 0 Å². The van der Waals surface area contributed by atoms with Gasteiger partial charge in [0.25, 0.3) is 0 Å². The SMILES string of the molecule is CCOC(=O)C(C)NCc1ccc(F)c(C(F)(F)F)c1. The number of alkyl halides is 3. The third kappa shape index (κ3) is 4.48. The molecule has 0 aliphatic carbocycles. The van der Waals surface area contributed by atoms with Gasteiger partial charge in [0, 0.05) is 6.54 Å². The zero-order valence-corrected chi connectivity index (χ0v) is 11.1. The van der Waals surface area contributed by atoms with Crippen molar-refractivity contribution in [2.75, 3.05) is 6.61 Å². The number of hydrogen-bond acceptors (Lipinski definition) is 3. The minimum absolute atomic E-state index is 0.00331. The van der Waals surface area contributed by atoms with Crippen molar-refractivity contribution < 1.29 is 27.1 Å². The lowest BCUT2D eigenvalue weighted by atomic mass is 10.1. The number of esters is 1. The van der Waals surface area contributed by atoms with Crippen LogP contribution in [0.2, 0.25) is 0 Å². The van der Waals surface area contributed by atoms with Gasteiger partial charge in [0.05, 0.1) is 12.2 Å². The van der Waals surface area contributed by atoms with E-state index >= 15 is 0 Å². The molecule has 7 heteroatoms. The second-order valence-corrected chi connectivity index (χ2v) is 4.17. The van der Waals surface area contributed by atoms with Crippen molar-refractivity contribution in [3.05, 3.63) is 35.1 Å². The fourth-order valence-electron chi connectivity index (χ4n) is 1.52. The highest BCUT2D eigenvalue weighted by atomic mass is 19.4. The van der Waals surface area contributed by atoms with Crippen LogP contribution in [0.25, 0.3) is 0 Å². The van der Waals surface area contributed by atoms with Gasteiger partial charge in [-0.2, -0.15) is 13.2 Å². The summed E-state index contributed by atoms with van der Waals surface area (Å²) in [5.74, 6) is -1.81. The smallest absolute Gasteiger partial charge is 0.419 e. The van der Waals surface area contributed by atoms with E-state index in [1.807, 2.05) is 0 Å². The molecule has 0 bridgehead atoms. The van der Waals surface area contributed by atoms with E-state index < -0.39 is 29.6 Å². The molecule has 3 nitrogen and oxygen atoms in total. The van der Waals surface area contributed by atoms with Crippen LogP contribution in [0.4, 0.5) is 17.6 Å². The molecule has 0 amide bonds. The molecular formula is C13H15F4NO2. The lowest BCUT2D eigenvalue weighted by molar-refractivity contribution is -0.145. The first kappa shape index (κ1) is 16.4. The Balaban J connectivity index is 2.72. The van der Waals surface area contributed by atoms with Gasteiger partial charge in [0.1, 0.15) is 11.9 Å². The zero-order chi connectivity index (χ0) is 15.3. The minimum atomic E-state index is -4.74. The molecule has 1 aromatic rings. The number of carbonyl (C=O) groups is 1. The Hall–Kier alpha value is -1.63. The maximum Gasteiger partial charge on any atom is 0.419 e. The second-order valence-electron chi connectivity index (χ2n) is 4.17. The van der Waals surface area contributed by atoms with Crippen molar-refractivity contribution in [2.45, 2.75) is 32.6 Å². The molecule has 0 aliphatic heterocycles. The Morgan fingerprint density at radius 2 is 2.05 bits per heavy atom. The van der Waals surface area contributed by atoms with Crippen molar-refractivity contribution in [3.8, 4) is 0 Å². The van der Waals surface area contributed by atoms with Crippen LogP contribution in [0, 0.1) is 5.82 Å². The lowest BCUT2D eigenvalue weighted by Crippen LogP contribution is -2.34. The molecule has 1 atom stereocenters. The van der Waals surface area contributed by atoms with Crippen LogP contribution >= 0.6 is 0 Å². The van der Waals surface area contributed by atoms with Crippen LogP contribution in [0.3, 0.4) is 0 Å². The topological polar surface area (TPSA) is 38.3 Å². The van der Waals surface area contributed by atoms with Crippen molar-refractivity contribution in [1.29, 1.82) is 0 Å². The highest BCUT2D eigenvalue weighted by Gasteiger charge is 2.34. The summed E-state index contributed by atoms with van der Waals surface area (Å²) in [4.78, 5) is 11.3. The van der Waals surface area contributed by atoms with Gasteiger partial charge in [-0.15, -0.1) is 0 Å². The number of hydrogen-bond donors (Lipinski definition) is 1. The molecule has 1 aromatic carbocycles. The number of benzene rings is 1. The molecule has 20 heavy (non-hydrogen) atoms. The van der Waals surface area contributed by atoms with Crippen LogP contribution in [0.5, 0.6) is 0 Å². The van der Waals surface area contributed by atoms with Gasteiger partial charge in [0.15, 0.2) is 0 Å². The molecule has 0 saturated heterocycles. The summed E-state index contributed by atoms with van der Waals surface area (Å²) in [6, 6.07) is 2.05. The van der Waals surface area contributed by atoms with Crippen molar-refractivity contribution in [1.82, 2.24) is 5.32 Å². The third-order valence-electron chi connectivity index (χ3n) is 2.59. The van der Waals surface area contributed by atoms with Crippen LogP contribution in [0.1, 0.15) is 25.0 Å². The summed E-state index contributed by atoms with van der Waals surface area (Å²) in [7, 11) is 0. The number of halogens is 4. The summed E-state index contributed by atoms with van der Waals surface area (Å²) in [5, 5.41) is 2.72. The second kappa shape index (κ2) is 6.69. The molecule has 0 radical (unpaired) electrons. The number of nitrogens with one attached hydrogen (secondary N) is 1. The first-order valence-corrected chi connectivity index (χ1v) is 6.01. The summed E-state index contributed by atoms with van der Waals surface area (Å²) in [6.07, 6.45) is -4.74. The minimum Gasteiger partial charge on any atom is -0.465 e. The molecule has 0 aliphatic rings. The molecule has 1 N–H and O–H groups in total. The highest BCUT2D eigenvalue weighted by molar-refractivity contribution is 5.75. The monoisotopic (exact) mass is 293 g/mol. The largest absolute Gasteiger partial charge is 0.465 e. The molecule has 1 rings (SSSR count). The van der Waals surface area contributed by atoms with E-state index in [0.29, 0.717) is 0 Å². The molecule has 112 valence electrons. The molecule has 1 unspecified atom stereocenters. The summed E-state index contributed by atoms with van der Waals surface area (Å²) in [5.41, 5.74) is -1.09. The van der Waals surface area contributed by atoms with E-state index in [0.717, 1.165) is 12.1 Å². The fraction of sp³-hybridized carbons (Fsp3) is 0.462. The Labute approximate surface area is 113 Å². The van der Waals surface area contributed by atoms with E-state index in [1.54, 1.807) is 6.92 Å². The molecule has 0 fully saturated rings. The van der Waals surface area contributed by atoms with Gasteiger partial charge in [-0.25, -0.2) is 4.39 Å². The average Bonchev–Trinajstić information content (AvgIpc) is 2.36. The third-order valence-corrected chi connectivity index (χ3v) is 2.59. The molecule has 0 saturated carbocycles. The highest BCUT2D eigenvalue weighted by Crippen LogP contribution is 2.31. The van der Waals surface area contributed by atoms with Gasteiger partial charge in [-0.05, 0) is 31.5 Å². The van der Waals surface area contributed by atoms with Crippen molar-refractivity contribution in [2.24, 2.45) is 0 Å². The Kier molecular flexibility index (Phi) is 5.50. The average molecular weight is 293 g/mol. The predicted octanol–water partition coefficient (Wildman–Crippen LogP) is 2.89. The Morgan fingerprint density at radius 3 is 2.60 bits per heavy atom. The van der Waals surface area contributed by atoms with E-state index in [9.17, 15) is 22.4 Å². The first-order chi connectivity index (χ1) is 9.25. The Bertz CT molecular complexity index is 474. The summed E-state index contributed by atoms with van der Waals surface area (Å²) in [6.45, 7) is 3.41. The summed E-state index contributed by atoms with van der Waals surface area (Å²) < 4.78 is 55.4.